The normalized spacial score (nSPS) is 10.4. The van der Waals surface area contributed by atoms with Crippen LogP contribution in [-0.4, -0.2) is 12.5 Å². The van der Waals surface area contributed by atoms with Gasteiger partial charge in [0.1, 0.15) is 12.4 Å². The van der Waals surface area contributed by atoms with E-state index in [0.29, 0.717) is 16.9 Å². The molecule has 0 unspecified atom stereocenters. The lowest BCUT2D eigenvalue weighted by Gasteiger charge is -2.10. The summed E-state index contributed by atoms with van der Waals surface area (Å²) < 4.78 is 18.6. The minimum Gasteiger partial charge on any atom is -0.399 e. The molecule has 0 radical (unpaired) electrons. The van der Waals surface area contributed by atoms with E-state index in [1.807, 2.05) is 13.0 Å². The topological polar surface area (TPSA) is 64.3 Å². The lowest BCUT2D eigenvalue weighted by molar-refractivity contribution is -0.121. The first-order valence-corrected chi connectivity index (χ1v) is 6.53. The van der Waals surface area contributed by atoms with Gasteiger partial charge in [-0.3, -0.25) is 4.79 Å². The molecule has 0 aliphatic carbocycles. The summed E-state index contributed by atoms with van der Waals surface area (Å²) in [6.07, 6.45) is 0. The van der Waals surface area contributed by atoms with Gasteiger partial charge in [-0.25, -0.2) is 4.39 Å². The summed E-state index contributed by atoms with van der Waals surface area (Å²) in [5.74, 6) is -0.648. The van der Waals surface area contributed by atoms with Crippen LogP contribution in [0.4, 0.5) is 15.8 Å². The number of hydrogen-bond acceptors (Lipinski definition) is 3. The number of hydrogen-bond donors (Lipinski definition) is 2. The van der Waals surface area contributed by atoms with Gasteiger partial charge in [-0.2, -0.15) is 0 Å². The van der Waals surface area contributed by atoms with E-state index < -0.39 is 0 Å². The predicted octanol–water partition coefficient (Wildman–Crippen LogP) is 2.87. The van der Waals surface area contributed by atoms with Crippen LogP contribution in [0.2, 0.25) is 0 Å². The van der Waals surface area contributed by atoms with E-state index in [0.717, 1.165) is 5.56 Å². The summed E-state index contributed by atoms with van der Waals surface area (Å²) in [7, 11) is 0. The van der Waals surface area contributed by atoms with Gasteiger partial charge in [0, 0.05) is 16.9 Å². The zero-order chi connectivity index (χ0) is 15.2. The molecule has 0 saturated carbocycles. The summed E-state index contributed by atoms with van der Waals surface area (Å²) in [6, 6.07) is 11.6. The van der Waals surface area contributed by atoms with Crippen LogP contribution in [0.3, 0.4) is 0 Å². The third-order valence-electron chi connectivity index (χ3n) is 2.98. The van der Waals surface area contributed by atoms with Crippen LogP contribution in [0.5, 0.6) is 0 Å². The largest absolute Gasteiger partial charge is 0.399 e. The molecular weight excluding hydrogens is 271 g/mol. The number of rotatable bonds is 5. The highest BCUT2D eigenvalue weighted by Crippen LogP contribution is 2.18. The summed E-state index contributed by atoms with van der Waals surface area (Å²) >= 11 is 0. The number of benzene rings is 2. The highest BCUT2D eigenvalue weighted by atomic mass is 19.1. The molecule has 0 atom stereocenters. The van der Waals surface area contributed by atoms with E-state index >= 15 is 0 Å². The first-order chi connectivity index (χ1) is 10.1. The van der Waals surface area contributed by atoms with Crippen LogP contribution in [0.1, 0.15) is 11.1 Å². The Morgan fingerprint density at radius 2 is 2.05 bits per heavy atom. The van der Waals surface area contributed by atoms with Gasteiger partial charge < -0.3 is 15.8 Å². The minimum atomic E-state index is -0.343. The Bertz CT molecular complexity index is 644. The standard InChI is InChI=1S/C16H17FN2O2/c1-11-6-7-13(18)8-15(11)19-16(20)10-21-9-12-4-2-3-5-14(12)17/h2-8H,9-10,18H2,1H3,(H,19,20). The molecule has 0 saturated heterocycles. The van der Waals surface area contributed by atoms with Gasteiger partial charge in [-0.1, -0.05) is 24.3 Å². The third-order valence-corrected chi connectivity index (χ3v) is 2.98. The summed E-state index contributed by atoms with van der Waals surface area (Å²) in [5.41, 5.74) is 8.22. The number of nitrogens with two attached hydrogens (primary N) is 1. The molecule has 21 heavy (non-hydrogen) atoms. The highest BCUT2D eigenvalue weighted by Gasteiger charge is 2.07. The van der Waals surface area contributed by atoms with E-state index in [-0.39, 0.29) is 24.9 Å². The van der Waals surface area contributed by atoms with Crippen LogP contribution in [0, 0.1) is 12.7 Å². The molecule has 2 aromatic carbocycles. The fourth-order valence-corrected chi connectivity index (χ4v) is 1.83. The second-order valence-electron chi connectivity index (χ2n) is 4.71. The van der Waals surface area contributed by atoms with E-state index in [2.05, 4.69) is 5.32 Å². The van der Waals surface area contributed by atoms with Crippen LogP contribution < -0.4 is 11.1 Å². The van der Waals surface area contributed by atoms with E-state index in [1.165, 1.54) is 6.07 Å². The fraction of sp³-hybridized carbons (Fsp3) is 0.188. The van der Waals surface area contributed by atoms with E-state index in [4.69, 9.17) is 10.5 Å². The zero-order valence-electron chi connectivity index (χ0n) is 11.7. The molecule has 0 spiro atoms. The molecule has 0 bridgehead atoms. The Kier molecular flexibility index (Phi) is 4.90. The van der Waals surface area contributed by atoms with Crippen LogP contribution in [0.25, 0.3) is 0 Å². The molecule has 1 amide bonds. The van der Waals surface area contributed by atoms with Gasteiger partial charge in [0.2, 0.25) is 5.91 Å². The Hall–Kier alpha value is -2.40. The van der Waals surface area contributed by atoms with Crippen molar-refractivity contribution in [2.45, 2.75) is 13.5 Å². The van der Waals surface area contributed by atoms with Crippen molar-refractivity contribution in [2.24, 2.45) is 0 Å². The van der Waals surface area contributed by atoms with Gasteiger partial charge in [0.05, 0.1) is 6.61 Å². The number of ether oxygens (including phenoxy) is 1. The van der Waals surface area contributed by atoms with Crippen molar-refractivity contribution in [3.05, 3.63) is 59.4 Å². The molecule has 0 fully saturated rings. The van der Waals surface area contributed by atoms with Crippen molar-refractivity contribution in [3.8, 4) is 0 Å². The molecule has 2 rings (SSSR count). The van der Waals surface area contributed by atoms with Gasteiger partial charge >= 0.3 is 0 Å². The fourth-order valence-electron chi connectivity index (χ4n) is 1.83. The number of amides is 1. The van der Waals surface area contributed by atoms with Gasteiger partial charge in [0.25, 0.3) is 0 Å². The number of nitrogen functional groups attached to an aromatic ring is 1. The van der Waals surface area contributed by atoms with E-state index in [1.54, 1.807) is 30.3 Å². The lowest BCUT2D eigenvalue weighted by Crippen LogP contribution is -2.19. The molecule has 5 heteroatoms. The Balaban J connectivity index is 1.85. The zero-order valence-corrected chi connectivity index (χ0v) is 11.7. The number of anilines is 2. The SMILES string of the molecule is Cc1ccc(N)cc1NC(=O)COCc1ccccc1F. The Morgan fingerprint density at radius 3 is 2.81 bits per heavy atom. The summed E-state index contributed by atoms with van der Waals surface area (Å²) in [6.45, 7) is 1.77. The first-order valence-electron chi connectivity index (χ1n) is 6.53. The second-order valence-corrected chi connectivity index (χ2v) is 4.71. The Morgan fingerprint density at radius 1 is 1.29 bits per heavy atom. The maximum atomic E-state index is 13.4. The molecule has 0 aliphatic rings. The summed E-state index contributed by atoms with van der Waals surface area (Å²) in [4.78, 5) is 11.8. The Labute approximate surface area is 122 Å². The van der Waals surface area contributed by atoms with Gasteiger partial charge in [0.15, 0.2) is 0 Å². The lowest BCUT2D eigenvalue weighted by atomic mass is 10.2. The van der Waals surface area contributed by atoms with E-state index in [9.17, 15) is 9.18 Å². The third kappa shape index (κ3) is 4.29. The van der Waals surface area contributed by atoms with Gasteiger partial charge in [-0.05, 0) is 30.7 Å². The molecule has 3 N–H and O–H groups in total. The van der Waals surface area contributed by atoms with Crippen LogP contribution in [-0.2, 0) is 16.1 Å². The molecule has 110 valence electrons. The smallest absolute Gasteiger partial charge is 0.250 e. The van der Waals surface area contributed by atoms with Crippen LogP contribution in [0.15, 0.2) is 42.5 Å². The predicted molar refractivity (Wildman–Crippen MR) is 80.3 cm³/mol. The second kappa shape index (κ2) is 6.85. The van der Waals surface area contributed by atoms with Gasteiger partial charge in [-0.15, -0.1) is 0 Å². The number of nitrogens with one attached hydrogen (secondary N) is 1. The van der Waals surface area contributed by atoms with Crippen molar-refractivity contribution in [1.29, 1.82) is 0 Å². The molecule has 0 heterocycles. The van der Waals surface area contributed by atoms with Crippen molar-refractivity contribution in [2.75, 3.05) is 17.7 Å². The number of carbonyl (C=O) groups excluding carboxylic acids is 1. The average molecular weight is 288 g/mol. The molecule has 0 aliphatic heterocycles. The van der Waals surface area contributed by atoms with Crippen molar-refractivity contribution in [3.63, 3.8) is 0 Å². The van der Waals surface area contributed by atoms with Crippen molar-refractivity contribution >= 4 is 17.3 Å². The molecule has 4 nitrogen and oxygen atoms in total. The van der Waals surface area contributed by atoms with Crippen molar-refractivity contribution < 1.29 is 13.9 Å². The molecule has 2 aromatic rings. The minimum absolute atomic E-state index is 0.0516. The average Bonchev–Trinajstić information content (AvgIpc) is 2.45. The number of carbonyl (C=O) groups is 1. The maximum absolute atomic E-state index is 13.4. The molecular formula is C16H17FN2O2. The number of halogens is 1. The quantitative estimate of drug-likeness (QED) is 0.831. The molecule has 0 aromatic heterocycles. The summed E-state index contributed by atoms with van der Waals surface area (Å²) in [5, 5.41) is 2.71. The van der Waals surface area contributed by atoms with Crippen molar-refractivity contribution in [1.82, 2.24) is 0 Å². The van der Waals surface area contributed by atoms with Crippen LogP contribution >= 0.6 is 0 Å². The maximum Gasteiger partial charge on any atom is 0.250 e. The number of aryl methyl sites for hydroxylation is 1. The monoisotopic (exact) mass is 288 g/mol. The highest BCUT2D eigenvalue weighted by molar-refractivity contribution is 5.92. The first kappa shape index (κ1) is 15.0.